The average molecular weight is 239 g/mol. The van der Waals surface area contributed by atoms with E-state index in [4.69, 9.17) is 0 Å². The van der Waals surface area contributed by atoms with Crippen molar-refractivity contribution >= 4 is 0 Å². The Kier molecular flexibility index (Phi) is 5.26. The van der Waals surface area contributed by atoms with Crippen LogP contribution < -0.4 is 10.6 Å². The minimum absolute atomic E-state index is 0.640. The van der Waals surface area contributed by atoms with Crippen LogP contribution in [0.5, 0.6) is 0 Å². The quantitative estimate of drug-likeness (QED) is 0.777. The summed E-state index contributed by atoms with van der Waals surface area (Å²) < 4.78 is 0. The van der Waals surface area contributed by atoms with Crippen molar-refractivity contribution in [3.05, 3.63) is 0 Å². The van der Waals surface area contributed by atoms with Crippen molar-refractivity contribution in [1.82, 2.24) is 15.5 Å². The van der Waals surface area contributed by atoms with E-state index in [2.05, 4.69) is 29.4 Å². The van der Waals surface area contributed by atoms with Gasteiger partial charge in [-0.25, -0.2) is 0 Å². The van der Waals surface area contributed by atoms with E-state index in [0.29, 0.717) is 6.04 Å². The lowest BCUT2D eigenvalue weighted by molar-refractivity contribution is 0.121. The van der Waals surface area contributed by atoms with Gasteiger partial charge in [0.2, 0.25) is 0 Å². The molecule has 1 heterocycles. The molecule has 2 N–H and O–H groups in total. The Hall–Kier alpha value is -0.120. The second-order valence-electron chi connectivity index (χ2n) is 6.02. The molecule has 0 bridgehead atoms. The Morgan fingerprint density at radius 1 is 1.12 bits per heavy atom. The zero-order chi connectivity index (χ0) is 12.1. The Labute approximate surface area is 106 Å². The summed E-state index contributed by atoms with van der Waals surface area (Å²) in [6, 6.07) is 1.52. The fourth-order valence-electron chi connectivity index (χ4n) is 3.16. The van der Waals surface area contributed by atoms with E-state index in [1.165, 1.54) is 58.4 Å². The van der Waals surface area contributed by atoms with Gasteiger partial charge in [-0.2, -0.15) is 0 Å². The molecule has 1 aliphatic heterocycles. The first-order valence-electron chi connectivity index (χ1n) is 7.44. The fraction of sp³-hybridized carbons (Fsp3) is 1.00. The first-order chi connectivity index (χ1) is 8.25. The molecule has 2 rings (SSSR count). The number of rotatable bonds is 4. The SMILES string of the molecule is CC(C)NCC1CCC(N2CCNCC2)CC1. The maximum Gasteiger partial charge on any atom is 0.0110 e. The van der Waals surface area contributed by atoms with Crippen LogP contribution in [0.1, 0.15) is 39.5 Å². The Balaban J connectivity index is 1.66. The molecule has 3 nitrogen and oxygen atoms in total. The molecule has 0 aromatic carbocycles. The smallest absolute Gasteiger partial charge is 0.0110 e. The van der Waals surface area contributed by atoms with Crippen molar-refractivity contribution in [2.24, 2.45) is 5.92 Å². The van der Waals surface area contributed by atoms with Crippen LogP contribution in [-0.4, -0.2) is 49.7 Å². The molecular formula is C14H29N3. The molecule has 0 unspecified atom stereocenters. The van der Waals surface area contributed by atoms with Gasteiger partial charge >= 0.3 is 0 Å². The van der Waals surface area contributed by atoms with Gasteiger partial charge in [0.05, 0.1) is 0 Å². The maximum atomic E-state index is 3.59. The van der Waals surface area contributed by atoms with Gasteiger partial charge in [0.1, 0.15) is 0 Å². The number of piperazine rings is 1. The maximum absolute atomic E-state index is 3.59. The summed E-state index contributed by atoms with van der Waals surface area (Å²) in [5, 5.41) is 7.03. The third-order valence-electron chi connectivity index (χ3n) is 4.30. The number of hydrogen-bond acceptors (Lipinski definition) is 3. The molecule has 0 aromatic rings. The van der Waals surface area contributed by atoms with Crippen molar-refractivity contribution in [3.63, 3.8) is 0 Å². The summed E-state index contributed by atoms with van der Waals surface area (Å²) in [6.07, 6.45) is 5.69. The molecule has 0 spiro atoms. The van der Waals surface area contributed by atoms with Gasteiger partial charge in [0, 0.05) is 38.3 Å². The second kappa shape index (κ2) is 6.72. The largest absolute Gasteiger partial charge is 0.314 e. The highest BCUT2D eigenvalue weighted by Crippen LogP contribution is 2.27. The molecule has 0 amide bonds. The van der Waals surface area contributed by atoms with E-state index in [0.717, 1.165) is 12.0 Å². The predicted molar refractivity (Wildman–Crippen MR) is 73.3 cm³/mol. The standard InChI is InChI=1S/C14H29N3/c1-12(2)16-11-13-3-5-14(6-4-13)17-9-7-15-8-10-17/h12-16H,3-11H2,1-2H3. The average Bonchev–Trinajstić information content (AvgIpc) is 2.38. The van der Waals surface area contributed by atoms with Crippen LogP contribution in [0.3, 0.4) is 0 Å². The summed E-state index contributed by atoms with van der Waals surface area (Å²) in [6.45, 7) is 10.6. The van der Waals surface area contributed by atoms with Crippen LogP contribution in [0, 0.1) is 5.92 Å². The highest BCUT2D eigenvalue weighted by atomic mass is 15.2. The minimum atomic E-state index is 0.640. The molecule has 1 saturated heterocycles. The van der Waals surface area contributed by atoms with Crippen molar-refractivity contribution < 1.29 is 0 Å². The van der Waals surface area contributed by atoms with E-state index in [9.17, 15) is 0 Å². The van der Waals surface area contributed by atoms with E-state index in [-0.39, 0.29) is 0 Å². The van der Waals surface area contributed by atoms with Gasteiger partial charge in [-0.1, -0.05) is 13.8 Å². The minimum Gasteiger partial charge on any atom is -0.314 e. The normalized spacial score (nSPS) is 31.9. The molecule has 1 saturated carbocycles. The van der Waals surface area contributed by atoms with Gasteiger partial charge in [-0.05, 0) is 38.1 Å². The molecule has 1 aliphatic carbocycles. The lowest BCUT2D eigenvalue weighted by atomic mass is 9.85. The van der Waals surface area contributed by atoms with Crippen molar-refractivity contribution in [2.75, 3.05) is 32.7 Å². The third-order valence-corrected chi connectivity index (χ3v) is 4.30. The molecular weight excluding hydrogens is 210 g/mol. The third kappa shape index (κ3) is 4.23. The van der Waals surface area contributed by atoms with E-state index < -0.39 is 0 Å². The molecule has 0 atom stereocenters. The Bertz CT molecular complexity index is 204. The monoisotopic (exact) mass is 239 g/mol. The topological polar surface area (TPSA) is 27.3 Å². The van der Waals surface area contributed by atoms with Gasteiger partial charge in [0.25, 0.3) is 0 Å². The second-order valence-corrected chi connectivity index (χ2v) is 6.02. The molecule has 2 fully saturated rings. The number of nitrogens with one attached hydrogen (secondary N) is 2. The molecule has 0 aromatic heterocycles. The summed E-state index contributed by atoms with van der Waals surface area (Å²) in [5.41, 5.74) is 0. The predicted octanol–water partition coefficient (Wildman–Crippen LogP) is 1.45. The zero-order valence-corrected chi connectivity index (χ0v) is 11.5. The Morgan fingerprint density at radius 2 is 1.76 bits per heavy atom. The highest BCUT2D eigenvalue weighted by molar-refractivity contribution is 4.83. The van der Waals surface area contributed by atoms with Crippen LogP contribution in [-0.2, 0) is 0 Å². The van der Waals surface area contributed by atoms with Gasteiger partial charge in [-0.15, -0.1) is 0 Å². The van der Waals surface area contributed by atoms with E-state index in [1.54, 1.807) is 0 Å². The van der Waals surface area contributed by atoms with Crippen LogP contribution in [0.4, 0.5) is 0 Å². The molecule has 17 heavy (non-hydrogen) atoms. The first kappa shape index (κ1) is 13.3. The van der Waals surface area contributed by atoms with Crippen molar-refractivity contribution in [1.29, 1.82) is 0 Å². The van der Waals surface area contributed by atoms with Crippen molar-refractivity contribution in [2.45, 2.75) is 51.6 Å². The molecule has 0 radical (unpaired) electrons. The number of hydrogen-bond donors (Lipinski definition) is 2. The zero-order valence-electron chi connectivity index (χ0n) is 11.5. The van der Waals surface area contributed by atoms with Crippen LogP contribution >= 0.6 is 0 Å². The van der Waals surface area contributed by atoms with Gasteiger partial charge in [0.15, 0.2) is 0 Å². The fourth-order valence-corrected chi connectivity index (χ4v) is 3.16. The van der Waals surface area contributed by atoms with Crippen LogP contribution in [0.2, 0.25) is 0 Å². The molecule has 3 heteroatoms. The molecule has 100 valence electrons. The Morgan fingerprint density at radius 3 is 2.35 bits per heavy atom. The van der Waals surface area contributed by atoms with Crippen LogP contribution in [0.25, 0.3) is 0 Å². The van der Waals surface area contributed by atoms with Gasteiger partial charge in [-0.3, -0.25) is 4.90 Å². The van der Waals surface area contributed by atoms with Crippen LogP contribution in [0.15, 0.2) is 0 Å². The molecule has 2 aliphatic rings. The summed E-state index contributed by atoms with van der Waals surface area (Å²) in [7, 11) is 0. The van der Waals surface area contributed by atoms with E-state index in [1.807, 2.05) is 0 Å². The highest BCUT2D eigenvalue weighted by Gasteiger charge is 2.26. The summed E-state index contributed by atoms with van der Waals surface area (Å²) >= 11 is 0. The van der Waals surface area contributed by atoms with Gasteiger partial charge < -0.3 is 10.6 Å². The summed E-state index contributed by atoms with van der Waals surface area (Å²) in [4.78, 5) is 2.71. The first-order valence-corrected chi connectivity index (χ1v) is 7.44. The summed E-state index contributed by atoms with van der Waals surface area (Å²) in [5.74, 6) is 0.927. The van der Waals surface area contributed by atoms with E-state index >= 15 is 0 Å². The number of nitrogens with zero attached hydrogens (tertiary/aromatic N) is 1. The lowest BCUT2D eigenvalue weighted by Crippen LogP contribution is -2.49. The lowest BCUT2D eigenvalue weighted by Gasteiger charge is -2.39. The van der Waals surface area contributed by atoms with Crippen molar-refractivity contribution in [3.8, 4) is 0 Å².